The van der Waals surface area contributed by atoms with Crippen molar-refractivity contribution in [2.75, 3.05) is 12.0 Å². The number of primary amides is 1. The van der Waals surface area contributed by atoms with E-state index in [1.54, 1.807) is 6.07 Å². The lowest BCUT2D eigenvalue weighted by atomic mass is 10.3. The van der Waals surface area contributed by atoms with E-state index in [0.717, 1.165) is 16.2 Å². The Balaban J connectivity index is 0.00000200. The van der Waals surface area contributed by atoms with Gasteiger partial charge in [-0.3, -0.25) is 9.48 Å². The maximum absolute atomic E-state index is 12.8. The van der Waals surface area contributed by atoms with Crippen molar-refractivity contribution < 1.29 is 13.6 Å². The number of alkyl halides is 1. The van der Waals surface area contributed by atoms with Crippen molar-refractivity contribution in [3.05, 3.63) is 34.0 Å². The SMILES string of the molecule is Cl.NC(=O)c1c(NCc2ccc(F)s2)cnn1CCF. The Hall–Kier alpha value is -1.67. The highest BCUT2D eigenvalue weighted by atomic mass is 35.5. The molecule has 0 saturated heterocycles. The average Bonchev–Trinajstić information content (AvgIpc) is 2.93. The minimum absolute atomic E-state index is 0. The summed E-state index contributed by atoms with van der Waals surface area (Å²) in [4.78, 5) is 12.1. The molecule has 2 rings (SSSR count). The summed E-state index contributed by atoms with van der Waals surface area (Å²) in [5.74, 6) is -0.689. The summed E-state index contributed by atoms with van der Waals surface area (Å²) in [6, 6.07) is 3.01. The lowest BCUT2D eigenvalue weighted by Gasteiger charge is -2.06. The first-order valence-corrected chi connectivity index (χ1v) is 6.33. The van der Waals surface area contributed by atoms with Gasteiger partial charge in [0.05, 0.1) is 18.4 Å². The third-order valence-corrected chi connectivity index (χ3v) is 3.32. The topological polar surface area (TPSA) is 72.9 Å². The zero-order valence-electron chi connectivity index (χ0n) is 10.3. The van der Waals surface area contributed by atoms with E-state index >= 15 is 0 Å². The fourth-order valence-corrected chi connectivity index (χ4v) is 2.32. The predicted octanol–water partition coefficient (Wildman–Crippen LogP) is 2.19. The number of anilines is 1. The molecule has 0 radical (unpaired) electrons. The van der Waals surface area contributed by atoms with Crippen LogP contribution in [0.5, 0.6) is 0 Å². The van der Waals surface area contributed by atoms with Gasteiger partial charge in [-0.15, -0.1) is 23.7 Å². The normalized spacial score (nSPS) is 10.1. The highest BCUT2D eigenvalue weighted by Crippen LogP contribution is 2.19. The van der Waals surface area contributed by atoms with Gasteiger partial charge in [-0.05, 0) is 12.1 Å². The Morgan fingerprint density at radius 1 is 1.50 bits per heavy atom. The molecule has 2 aromatic rings. The van der Waals surface area contributed by atoms with Crippen LogP contribution in [0.25, 0.3) is 0 Å². The van der Waals surface area contributed by atoms with Crippen molar-refractivity contribution >= 4 is 35.3 Å². The number of aromatic nitrogens is 2. The maximum Gasteiger partial charge on any atom is 0.269 e. The van der Waals surface area contributed by atoms with Crippen LogP contribution in [-0.2, 0) is 13.1 Å². The number of amides is 1. The van der Waals surface area contributed by atoms with E-state index in [0.29, 0.717) is 12.2 Å². The lowest BCUT2D eigenvalue weighted by Crippen LogP contribution is -2.20. The number of hydrogen-bond acceptors (Lipinski definition) is 4. The minimum atomic E-state index is -0.689. The number of hydrogen-bond donors (Lipinski definition) is 2. The van der Waals surface area contributed by atoms with E-state index in [4.69, 9.17) is 5.73 Å². The summed E-state index contributed by atoms with van der Waals surface area (Å²) in [6.07, 6.45) is 1.40. The van der Waals surface area contributed by atoms with E-state index in [9.17, 15) is 13.6 Å². The molecule has 0 saturated carbocycles. The molecule has 0 unspecified atom stereocenters. The van der Waals surface area contributed by atoms with Crippen LogP contribution in [-0.4, -0.2) is 22.4 Å². The summed E-state index contributed by atoms with van der Waals surface area (Å²) in [5, 5.41) is 6.55. The Morgan fingerprint density at radius 3 is 2.80 bits per heavy atom. The summed E-state index contributed by atoms with van der Waals surface area (Å²) in [6.45, 7) is -0.332. The van der Waals surface area contributed by atoms with E-state index in [1.807, 2.05) is 0 Å². The maximum atomic E-state index is 12.8. The van der Waals surface area contributed by atoms with Crippen LogP contribution in [0.1, 0.15) is 15.4 Å². The van der Waals surface area contributed by atoms with Gasteiger partial charge in [-0.1, -0.05) is 0 Å². The molecular formula is C11H13ClF2N4OS. The molecule has 20 heavy (non-hydrogen) atoms. The molecule has 0 aliphatic rings. The van der Waals surface area contributed by atoms with Gasteiger partial charge in [-0.25, -0.2) is 4.39 Å². The Morgan fingerprint density at radius 2 is 2.25 bits per heavy atom. The smallest absolute Gasteiger partial charge is 0.269 e. The largest absolute Gasteiger partial charge is 0.377 e. The number of halogens is 3. The highest BCUT2D eigenvalue weighted by Gasteiger charge is 2.15. The average molecular weight is 323 g/mol. The fraction of sp³-hybridized carbons (Fsp3) is 0.273. The molecule has 2 heterocycles. The third-order valence-electron chi connectivity index (χ3n) is 2.45. The number of nitrogens with zero attached hydrogens (tertiary/aromatic N) is 2. The monoisotopic (exact) mass is 322 g/mol. The van der Waals surface area contributed by atoms with Gasteiger partial charge in [0.15, 0.2) is 5.13 Å². The van der Waals surface area contributed by atoms with Crippen molar-refractivity contribution in [3.63, 3.8) is 0 Å². The van der Waals surface area contributed by atoms with Gasteiger partial charge < -0.3 is 11.1 Å². The molecule has 0 aliphatic carbocycles. The molecule has 0 fully saturated rings. The molecular weight excluding hydrogens is 310 g/mol. The van der Waals surface area contributed by atoms with Crippen LogP contribution in [0, 0.1) is 5.13 Å². The van der Waals surface area contributed by atoms with Crippen molar-refractivity contribution in [1.82, 2.24) is 9.78 Å². The lowest BCUT2D eigenvalue weighted by molar-refractivity contribution is 0.0990. The molecule has 9 heteroatoms. The van der Waals surface area contributed by atoms with Gasteiger partial charge in [0, 0.05) is 11.4 Å². The Labute approximate surface area is 124 Å². The molecule has 0 bridgehead atoms. The van der Waals surface area contributed by atoms with E-state index in [1.165, 1.54) is 16.9 Å². The van der Waals surface area contributed by atoms with Crippen molar-refractivity contribution in [3.8, 4) is 0 Å². The predicted molar refractivity (Wildman–Crippen MR) is 75.6 cm³/mol. The third kappa shape index (κ3) is 3.67. The second kappa shape index (κ2) is 7.20. The second-order valence-corrected chi connectivity index (χ2v) is 4.86. The second-order valence-electron chi connectivity index (χ2n) is 3.74. The molecule has 2 aromatic heterocycles. The summed E-state index contributed by atoms with van der Waals surface area (Å²) >= 11 is 1.01. The molecule has 1 amide bonds. The molecule has 0 aromatic carbocycles. The minimum Gasteiger partial charge on any atom is -0.377 e. The first kappa shape index (κ1) is 16.4. The molecule has 5 nitrogen and oxygen atoms in total. The van der Waals surface area contributed by atoms with Gasteiger partial charge in [-0.2, -0.15) is 9.49 Å². The van der Waals surface area contributed by atoms with E-state index < -0.39 is 12.6 Å². The van der Waals surface area contributed by atoms with E-state index in [-0.39, 0.29) is 29.8 Å². The van der Waals surface area contributed by atoms with Gasteiger partial charge in [0.2, 0.25) is 0 Å². The Bertz CT molecular complexity index is 587. The zero-order valence-corrected chi connectivity index (χ0v) is 11.9. The van der Waals surface area contributed by atoms with E-state index in [2.05, 4.69) is 10.4 Å². The number of thiophene rings is 1. The summed E-state index contributed by atoms with van der Waals surface area (Å²) in [7, 11) is 0. The standard InChI is InChI=1S/C11H12F2N4OS.ClH/c12-3-4-17-10(11(14)18)8(6-16-17)15-5-7-1-2-9(13)19-7;/h1-2,6,15H,3-5H2,(H2,14,18);1H. The van der Waals surface area contributed by atoms with Crippen LogP contribution in [0.3, 0.4) is 0 Å². The van der Waals surface area contributed by atoms with Crippen LogP contribution in [0.4, 0.5) is 14.5 Å². The van der Waals surface area contributed by atoms with Crippen molar-refractivity contribution in [2.45, 2.75) is 13.1 Å². The number of carbonyl (C=O) groups excluding carboxylic acids is 1. The number of nitrogens with two attached hydrogens (primary N) is 1. The molecule has 110 valence electrons. The summed E-state index contributed by atoms with van der Waals surface area (Å²) in [5.41, 5.74) is 5.78. The van der Waals surface area contributed by atoms with Crippen LogP contribution < -0.4 is 11.1 Å². The van der Waals surface area contributed by atoms with Crippen LogP contribution in [0.15, 0.2) is 18.3 Å². The highest BCUT2D eigenvalue weighted by molar-refractivity contribution is 7.10. The molecule has 0 aliphatic heterocycles. The first-order valence-electron chi connectivity index (χ1n) is 5.51. The number of nitrogens with one attached hydrogen (secondary N) is 1. The van der Waals surface area contributed by atoms with Crippen molar-refractivity contribution in [1.29, 1.82) is 0 Å². The number of carbonyl (C=O) groups is 1. The molecule has 0 atom stereocenters. The zero-order chi connectivity index (χ0) is 13.8. The van der Waals surface area contributed by atoms with Crippen LogP contribution >= 0.6 is 23.7 Å². The van der Waals surface area contributed by atoms with Gasteiger partial charge >= 0.3 is 0 Å². The first-order chi connectivity index (χ1) is 9.11. The van der Waals surface area contributed by atoms with Gasteiger partial charge in [0.25, 0.3) is 5.91 Å². The van der Waals surface area contributed by atoms with Crippen molar-refractivity contribution in [2.24, 2.45) is 5.73 Å². The Kier molecular flexibility index (Phi) is 5.90. The fourth-order valence-electron chi connectivity index (χ4n) is 1.65. The van der Waals surface area contributed by atoms with Crippen LogP contribution in [0.2, 0.25) is 0 Å². The quantitative estimate of drug-likeness (QED) is 0.856. The molecule has 3 N–H and O–H groups in total. The molecule has 0 spiro atoms. The van der Waals surface area contributed by atoms with Gasteiger partial charge in [0.1, 0.15) is 12.4 Å². The summed E-state index contributed by atoms with van der Waals surface area (Å²) < 4.78 is 26.3. The number of rotatable bonds is 6. The number of aryl methyl sites for hydroxylation is 1.